The molecule has 21 heavy (non-hydrogen) atoms. The lowest BCUT2D eigenvalue weighted by Crippen LogP contribution is -2.25. The van der Waals surface area contributed by atoms with Gasteiger partial charge in [-0.1, -0.05) is 12.1 Å². The fourth-order valence-corrected chi connectivity index (χ4v) is 3.10. The van der Waals surface area contributed by atoms with E-state index in [1.165, 1.54) is 18.4 Å². The van der Waals surface area contributed by atoms with Gasteiger partial charge < -0.3 is 10.0 Å². The molecule has 112 valence electrons. The standard InChI is InChI=1S/C16H20N2O3/c19-15-9-13(16(20)21)11-18(15)14-5-3-12(4-6-14)10-17-7-1-2-8-17/h3-6,13H,1-2,7-11H2,(H,20,21). The van der Waals surface area contributed by atoms with E-state index >= 15 is 0 Å². The van der Waals surface area contributed by atoms with Gasteiger partial charge in [-0.05, 0) is 43.6 Å². The van der Waals surface area contributed by atoms with Crippen LogP contribution in [-0.4, -0.2) is 41.5 Å². The molecule has 3 rings (SSSR count). The Morgan fingerprint density at radius 3 is 2.43 bits per heavy atom. The molecule has 2 saturated heterocycles. The largest absolute Gasteiger partial charge is 0.481 e. The molecule has 5 nitrogen and oxygen atoms in total. The molecule has 0 aromatic heterocycles. The van der Waals surface area contributed by atoms with Gasteiger partial charge >= 0.3 is 5.97 Å². The SMILES string of the molecule is O=C(O)C1CC(=O)N(c2ccc(CN3CCCC3)cc2)C1. The Morgan fingerprint density at radius 1 is 1.19 bits per heavy atom. The number of hydrogen-bond donors (Lipinski definition) is 1. The van der Waals surface area contributed by atoms with Gasteiger partial charge in [0, 0.05) is 25.2 Å². The monoisotopic (exact) mass is 288 g/mol. The van der Waals surface area contributed by atoms with Crippen LogP contribution in [0.25, 0.3) is 0 Å². The molecule has 0 aliphatic carbocycles. The van der Waals surface area contributed by atoms with Crippen molar-refractivity contribution in [3.05, 3.63) is 29.8 Å². The maximum Gasteiger partial charge on any atom is 0.308 e. The second-order valence-corrected chi connectivity index (χ2v) is 5.89. The quantitative estimate of drug-likeness (QED) is 0.916. The Morgan fingerprint density at radius 2 is 1.86 bits per heavy atom. The minimum atomic E-state index is -0.892. The molecule has 0 bridgehead atoms. The molecule has 1 amide bonds. The van der Waals surface area contributed by atoms with Gasteiger partial charge in [0.15, 0.2) is 0 Å². The summed E-state index contributed by atoms with van der Waals surface area (Å²) in [5.41, 5.74) is 2.04. The number of nitrogens with zero attached hydrogens (tertiary/aromatic N) is 2. The number of amides is 1. The number of anilines is 1. The van der Waals surface area contributed by atoms with Crippen molar-refractivity contribution in [1.82, 2.24) is 4.90 Å². The summed E-state index contributed by atoms with van der Waals surface area (Å²) < 4.78 is 0. The van der Waals surface area contributed by atoms with E-state index < -0.39 is 11.9 Å². The zero-order valence-electron chi connectivity index (χ0n) is 12.0. The molecule has 2 aliphatic heterocycles. The highest BCUT2D eigenvalue weighted by Gasteiger charge is 2.34. The zero-order chi connectivity index (χ0) is 14.8. The Balaban J connectivity index is 1.66. The van der Waals surface area contributed by atoms with Crippen LogP contribution in [0.15, 0.2) is 24.3 Å². The first-order valence-corrected chi connectivity index (χ1v) is 7.48. The highest BCUT2D eigenvalue weighted by atomic mass is 16.4. The lowest BCUT2D eigenvalue weighted by Gasteiger charge is -2.18. The number of rotatable bonds is 4. The number of carboxylic acid groups (broad SMARTS) is 1. The molecule has 0 radical (unpaired) electrons. The van der Waals surface area contributed by atoms with Crippen LogP contribution >= 0.6 is 0 Å². The van der Waals surface area contributed by atoms with Crippen LogP contribution in [-0.2, 0) is 16.1 Å². The summed E-state index contributed by atoms with van der Waals surface area (Å²) in [4.78, 5) is 26.9. The lowest BCUT2D eigenvalue weighted by molar-refractivity contribution is -0.141. The summed E-state index contributed by atoms with van der Waals surface area (Å²) >= 11 is 0. The van der Waals surface area contributed by atoms with Crippen molar-refractivity contribution in [2.75, 3.05) is 24.5 Å². The van der Waals surface area contributed by atoms with Gasteiger partial charge in [0.05, 0.1) is 5.92 Å². The first kappa shape index (κ1) is 14.1. The molecule has 2 aliphatic rings. The van der Waals surface area contributed by atoms with E-state index in [9.17, 15) is 9.59 Å². The molecule has 1 unspecified atom stereocenters. The smallest absolute Gasteiger partial charge is 0.308 e. The Bertz CT molecular complexity index is 535. The first-order valence-electron chi connectivity index (χ1n) is 7.48. The maximum atomic E-state index is 11.9. The molecule has 0 spiro atoms. The second-order valence-electron chi connectivity index (χ2n) is 5.89. The average molecular weight is 288 g/mol. The number of carboxylic acids is 1. The summed E-state index contributed by atoms with van der Waals surface area (Å²) in [5, 5.41) is 9.01. The van der Waals surface area contributed by atoms with Gasteiger partial charge in [-0.2, -0.15) is 0 Å². The molecular weight excluding hydrogens is 268 g/mol. The van der Waals surface area contributed by atoms with Gasteiger partial charge in [-0.3, -0.25) is 14.5 Å². The van der Waals surface area contributed by atoms with Crippen molar-refractivity contribution < 1.29 is 14.7 Å². The van der Waals surface area contributed by atoms with Crippen LogP contribution < -0.4 is 4.90 Å². The summed E-state index contributed by atoms with van der Waals surface area (Å²) in [6.07, 6.45) is 2.65. The summed E-state index contributed by atoms with van der Waals surface area (Å²) in [5.74, 6) is -1.58. The minimum absolute atomic E-state index is 0.102. The first-order chi connectivity index (χ1) is 10.1. The molecule has 5 heteroatoms. The normalized spacial score (nSPS) is 23.0. The van der Waals surface area contributed by atoms with E-state index in [1.807, 2.05) is 24.3 Å². The Hall–Kier alpha value is -1.88. The van der Waals surface area contributed by atoms with Crippen molar-refractivity contribution in [2.24, 2.45) is 5.92 Å². The van der Waals surface area contributed by atoms with E-state index in [-0.39, 0.29) is 18.9 Å². The van der Waals surface area contributed by atoms with E-state index in [0.717, 1.165) is 25.3 Å². The highest BCUT2D eigenvalue weighted by molar-refractivity contribution is 5.99. The maximum absolute atomic E-state index is 11.9. The van der Waals surface area contributed by atoms with Gasteiger partial charge in [0.25, 0.3) is 0 Å². The van der Waals surface area contributed by atoms with Crippen molar-refractivity contribution in [3.8, 4) is 0 Å². The van der Waals surface area contributed by atoms with E-state index in [0.29, 0.717) is 0 Å². The number of aliphatic carboxylic acids is 1. The van der Waals surface area contributed by atoms with E-state index in [1.54, 1.807) is 4.90 Å². The molecule has 1 atom stereocenters. The molecular formula is C16H20N2O3. The third-order valence-corrected chi connectivity index (χ3v) is 4.33. The average Bonchev–Trinajstić information content (AvgIpc) is 3.09. The van der Waals surface area contributed by atoms with Crippen molar-refractivity contribution in [1.29, 1.82) is 0 Å². The predicted octanol–water partition coefficient (Wildman–Crippen LogP) is 1.72. The van der Waals surface area contributed by atoms with Crippen LogP contribution in [0.5, 0.6) is 0 Å². The molecule has 2 heterocycles. The Kier molecular flexibility index (Phi) is 3.92. The van der Waals surface area contributed by atoms with Gasteiger partial charge in [0.2, 0.25) is 5.91 Å². The van der Waals surface area contributed by atoms with Crippen LogP contribution in [0.1, 0.15) is 24.8 Å². The van der Waals surface area contributed by atoms with Gasteiger partial charge in [-0.25, -0.2) is 0 Å². The summed E-state index contributed by atoms with van der Waals surface area (Å²) in [6.45, 7) is 3.55. The summed E-state index contributed by atoms with van der Waals surface area (Å²) in [7, 11) is 0. The topological polar surface area (TPSA) is 60.9 Å². The number of hydrogen-bond acceptors (Lipinski definition) is 3. The third-order valence-electron chi connectivity index (χ3n) is 4.33. The number of carbonyl (C=O) groups excluding carboxylic acids is 1. The second kappa shape index (κ2) is 5.85. The molecule has 2 fully saturated rings. The summed E-state index contributed by atoms with van der Waals surface area (Å²) in [6, 6.07) is 7.92. The van der Waals surface area contributed by atoms with E-state index in [2.05, 4.69) is 4.90 Å². The van der Waals surface area contributed by atoms with Crippen LogP contribution in [0.2, 0.25) is 0 Å². The fraction of sp³-hybridized carbons (Fsp3) is 0.500. The number of carbonyl (C=O) groups is 2. The van der Waals surface area contributed by atoms with Crippen LogP contribution in [0.3, 0.4) is 0 Å². The van der Waals surface area contributed by atoms with Gasteiger partial charge in [0.1, 0.15) is 0 Å². The van der Waals surface area contributed by atoms with Crippen molar-refractivity contribution >= 4 is 17.6 Å². The van der Waals surface area contributed by atoms with E-state index in [4.69, 9.17) is 5.11 Å². The number of likely N-dealkylation sites (tertiary alicyclic amines) is 1. The zero-order valence-corrected chi connectivity index (χ0v) is 12.0. The molecule has 0 saturated carbocycles. The predicted molar refractivity (Wildman–Crippen MR) is 79.0 cm³/mol. The van der Waals surface area contributed by atoms with Crippen molar-refractivity contribution in [3.63, 3.8) is 0 Å². The van der Waals surface area contributed by atoms with Crippen molar-refractivity contribution in [2.45, 2.75) is 25.8 Å². The molecule has 1 aromatic carbocycles. The van der Waals surface area contributed by atoms with Gasteiger partial charge in [-0.15, -0.1) is 0 Å². The number of benzene rings is 1. The third kappa shape index (κ3) is 3.08. The molecule has 1 N–H and O–H groups in total. The highest BCUT2D eigenvalue weighted by Crippen LogP contribution is 2.26. The fourth-order valence-electron chi connectivity index (χ4n) is 3.10. The lowest BCUT2D eigenvalue weighted by atomic mass is 10.1. The minimum Gasteiger partial charge on any atom is -0.481 e. The van der Waals surface area contributed by atoms with Crippen LogP contribution in [0.4, 0.5) is 5.69 Å². The van der Waals surface area contributed by atoms with Crippen LogP contribution in [0, 0.1) is 5.92 Å². The molecule has 1 aromatic rings. The Labute approximate surface area is 124 Å².